The first kappa shape index (κ1) is 22.0. The van der Waals surface area contributed by atoms with Gasteiger partial charge in [-0.15, -0.1) is 0 Å². The van der Waals surface area contributed by atoms with Gasteiger partial charge in [0.1, 0.15) is 23.5 Å². The summed E-state index contributed by atoms with van der Waals surface area (Å²) in [4.78, 5) is 28.2. The van der Waals surface area contributed by atoms with Crippen molar-refractivity contribution in [2.24, 2.45) is 0 Å². The van der Waals surface area contributed by atoms with Crippen LogP contribution in [0, 0.1) is 17.5 Å². The van der Waals surface area contributed by atoms with Crippen LogP contribution in [0.3, 0.4) is 0 Å². The van der Waals surface area contributed by atoms with E-state index in [1.54, 1.807) is 6.92 Å². The van der Waals surface area contributed by atoms with Crippen LogP contribution in [0.15, 0.2) is 47.0 Å². The van der Waals surface area contributed by atoms with Crippen molar-refractivity contribution in [3.63, 3.8) is 0 Å². The Morgan fingerprint density at radius 3 is 2.48 bits per heavy atom. The van der Waals surface area contributed by atoms with Crippen molar-refractivity contribution in [2.45, 2.75) is 25.8 Å². The van der Waals surface area contributed by atoms with Crippen molar-refractivity contribution in [2.75, 3.05) is 6.54 Å². The number of carbonyl (C=O) groups is 2. The van der Waals surface area contributed by atoms with E-state index in [-0.39, 0.29) is 42.0 Å². The summed E-state index contributed by atoms with van der Waals surface area (Å²) in [5.41, 5.74) is 0.302. The average molecular weight is 432 g/mol. The maximum absolute atomic E-state index is 13.6. The molecule has 2 amide bonds. The fourth-order valence-corrected chi connectivity index (χ4v) is 2.72. The highest BCUT2D eigenvalue weighted by atomic mass is 19.1. The summed E-state index contributed by atoms with van der Waals surface area (Å²) in [6.07, 6.45) is 0.396. The number of nitrogens with one attached hydrogen (secondary N) is 2. The molecule has 7 nitrogen and oxygen atoms in total. The minimum Gasteiger partial charge on any atom is -0.352 e. The molecule has 0 aliphatic heterocycles. The molecule has 3 rings (SSSR count). The van der Waals surface area contributed by atoms with Crippen LogP contribution in [0.1, 0.15) is 42.1 Å². The largest absolute Gasteiger partial charge is 0.352 e. The Hall–Kier alpha value is -3.69. The van der Waals surface area contributed by atoms with Gasteiger partial charge in [-0.05, 0) is 49.7 Å². The van der Waals surface area contributed by atoms with Gasteiger partial charge < -0.3 is 15.2 Å². The Bertz CT molecular complexity index is 1070. The monoisotopic (exact) mass is 432 g/mol. The Balaban J connectivity index is 1.43. The van der Waals surface area contributed by atoms with E-state index >= 15 is 0 Å². The SMILES string of the molecule is CC(NC(=O)CCCNC(=O)c1ccc(F)cc1F)c1nc(-c2ccc(F)cc2)no1. The third kappa shape index (κ3) is 5.91. The molecule has 162 valence electrons. The zero-order valence-corrected chi connectivity index (χ0v) is 16.5. The summed E-state index contributed by atoms with van der Waals surface area (Å²) < 4.78 is 44.6. The van der Waals surface area contributed by atoms with E-state index in [2.05, 4.69) is 20.8 Å². The molecule has 31 heavy (non-hydrogen) atoms. The molecular formula is C21H19F3N4O3. The molecule has 0 saturated heterocycles. The summed E-state index contributed by atoms with van der Waals surface area (Å²) in [7, 11) is 0. The zero-order valence-electron chi connectivity index (χ0n) is 16.5. The van der Waals surface area contributed by atoms with E-state index in [0.717, 1.165) is 12.1 Å². The van der Waals surface area contributed by atoms with Gasteiger partial charge in [0.05, 0.1) is 5.56 Å². The molecule has 0 aliphatic carbocycles. The standard InChI is InChI=1S/C21H19F3N4O3/c1-12(21-27-19(28-31-21)13-4-6-14(22)7-5-13)26-18(29)3-2-10-25-20(30)16-9-8-15(23)11-17(16)24/h4-9,11-12H,2-3,10H2,1H3,(H,25,30)(H,26,29). The molecule has 1 unspecified atom stereocenters. The van der Waals surface area contributed by atoms with Crippen LogP contribution in [-0.2, 0) is 4.79 Å². The first-order chi connectivity index (χ1) is 14.8. The molecule has 2 aromatic carbocycles. The number of amides is 2. The minimum absolute atomic E-state index is 0.0927. The fourth-order valence-electron chi connectivity index (χ4n) is 2.72. The Labute approximate surface area is 175 Å². The topological polar surface area (TPSA) is 97.1 Å². The molecule has 0 aliphatic rings. The van der Waals surface area contributed by atoms with Crippen LogP contribution in [-0.4, -0.2) is 28.5 Å². The maximum atomic E-state index is 13.6. The molecule has 0 fully saturated rings. The minimum atomic E-state index is -0.955. The predicted molar refractivity (Wildman–Crippen MR) is 104 cm³/mol. The highest BCUT2D eigenvalue weighted by molar-refractivity contribution is 5.94. The first-order valence-electron chi connectivity index (χ1n) is 9.45. The lowest BCUT2D eigenvalue weighted by atomic mass is 10.2. The number of hydrogen-bond donors (Lipinski definition) is 2. The zero-order chi connectivity index (χ0) is 22.4. The van der Waals surface area contributed by atoms with E-state index in [9.17, 15) is 22.8 Å². The van der Waals surface area contributed by atoms with Crippen molar-refractivity contribution in [1.29, 1.82) is 0 Å². The highest BCUT2D eigenvalue weighted by Gasteiger charge is 2.18. The second-order valence-corrected chi connectivity index (χ2v) is 6.74. The third-order valence-corrected chi connectivity index (χ3v) is 4.33. The number of nitrogens with zero attached hydrogens (tertiary/aromatic N) is 2. The second-order valence-electron chi connectivity index (χ2n) is 6.74. The fraction of sp³-hybridized carbons (Fsp3) is 0.238. The van der Waals surface area contributed by atoms with Gasteiger partial charge in [0, 0.05) is 24.6 Å². The van der Waals surface area contributed by atoms with Crippen LogP contribution in [0.4, 0.5) is 13.2 Å². The van der Waals surface area contributed by atoms with Gasteiger partial charge in [-0.25, -0.2) is 13.2 Å². The van der Waals surface area contributed by atoms with Crippen molar-refractivity contribution < 1.29 is 27.3 Å². The predicted octanol–water partition coefficient (Wildman–Crippen LogP) is 3.54. The van der Waals surface area contributed by atoms with Crippen LogP contribution in [0.25, 0.3) is 11.4 Å². The number of aromatic nitrogens is 2. The number of rotatable bonds is 8. The number of benzene rings is 2. The van der Waals surface area contributed by atoms with Crippen LogP contribution in [0.5, 0.6) is 0 Å². The van der Waals surface area contributed by atoms with E-state index in [1.807, 2.05) is 0 Å². The summed E-state index contributed by atoms with van der Waals surface area (Å²) in [6.45, 7) is 1.80. The second kappa shape index (κ2) is 9.88. The van der Waals surface area contributed by atoms with E-state index in [4.69, 9.17) is 4.52 Å². The van der Waals surface area contributed by atoms with Gasteiger partial charge in [-0.3, -0.25) is 9.59 Å². The summed E-state index contributed by atoms with van der Waals surface area (Å²) in [5, 5.41) is 8.99. The molecule has 0 saturated carbocycles. The lowest BCUT2D eigenvalue weighted by molar-refractivity contribution is -0.122. The number of carbonyl (C=O) groups excluding carboxylic acids is 2. The lowest BCUT2D eigenvalue weighted by Gasteiger charge is -2.10. The van der Waals surface area contributed by atoms with Crippen molar-refractivity contribution in [3.05, 3.63) is 71.4 Å². The molecule has 0 bridgehead atoms. The molecule has 0 radical (unpaired) electrons. The molecular weight excluding hydrogens is 413 g/mol. The first-order valence-corrected chi connectivity index (χ1v) is 9.45. The van der Waals surface area contributed by atoms with Gasteiger partial charge in [0.15, 0.2) is 0 Å². The Kier molecular flexibility index (Phi) is 7.01. The van der Waals surface area contributed by atoms with Crippen LogP contribution < -0.4 is 10.6 Å². The third-order valence-electron chi connectivity index (χ3n) is 4.33. The quantitative estimate of drug-likeness (QED) is 0.531. The molecule has 3 aromatic rings. The summed E-state index contributed by atoms with van der Waals surface area (Å²) >= 11 is 0. The van der Waals surface area contributed by atoms with E-state index in [0.29, 0.717) is 18.1 Å². The molecule has 1 aromatic heterocycles. The molecule has 1 atom stereocenters. The normalized spacial score (nSPS) is 11.7. The molecule has 1 heterocycles. The van der Waals surface area contributed by atoms with E-state index in [1.165, 1.54) is 24.3 Å². The molecule has 2 N–H and O–H groups in total. The molecule has 10 heteroatoms. The van der Waals surface area contributed by atoms with Crippen LogP contribution >= 0.6 is 0 Å². The number of halogens is 3. The summed E-state index contributed by atoms with van der Waals surface area (Å²) in [5.74, 6) is -2.65. The molecule has 0 spiro atoms. The lowest BCUT2D eigenvalue weighted by Crippen LogP contribution is -2.29. The van der Waals surface area contributed by atoms with Crippen LogP contribution in [0.2, 0.25) is 0 Å². The maximum Gasteiger partial charge on any atom is 0.254 e. The van der Waals surface area contributed by atoms with Gasteiger partial charge in [-0.1, -0.05) is 5.16 Å². The summed E-state index contributed by atoms with van der Waals surface area (Å²) in [6, 6.07) is 7.70. The van der Waals surface area contributed by atoms with Gasteiger partial charge in [0.25, 0.3) is 5.91 Å². The van der Waals surface area contributed by atoms with Gasteiger partial charge in [0.2, 0.25) is 17.6 Å². The Morgan fingerprint density at radius 2 is 1.77 bits per heavy atom. The van der Waals surface area contributed by atoms with Gasteiger partial charge >= 0.3 is 0 Å². The number of hydrogen-bond acceptors (Lipinski definition) is 5. The Morgan fingerprint density at radius 1 is 1.06 bits per heavy atom. The van der Waals surface area contributed by atoms with Crippen molar-refractivity contribution in [3.8, 4) is 11.4 Å². The smallest absolute Gasteiger partial charge is 0.254 e. The van der Waals surface area contributed by atoms with Gasteiger partial charge in [-0.2, -0.15) is 4.98 Å². The van der Waals surface area contributed by atoms with Crippen molar-refractivity contribution in [1.82, 2.24) is 20.8 Å². The average Bonchev–Trinajstić information content (AvgIpc) is 3.22. The van der Waals surface area contributed by atoms with Crippen molar-refractivity contribution >= 4 is 11.8 Å². The van der Waals surface area contributed by atoms with E-state index < -0.39 is 23.6 Å². The highest BCUT2D eigenvalue weighted by Crippen LogP contribution is 2.19.